The minimum Gasteiger partial charge on any atom is -0.237 e. The van der Waals surface area contributed by atoms with Crippen LogP contribution in [0.25, 0.3) is 95.4 Å². The first-order valence-electron chi connectivity index (χ1n) is 18.2. The van der Waals surface area contributed by atoms with E-state index in [0.29, 0.717) is 46.2 Å². The lowest BCUT2D eigenvalue weighted by molar-refractivity contribution is 1.07. The summed E-state index contributed by atoms with van der Waals surface area (Å²) in [5.41, 5.74) is 9.90. The maximum absolute atomic E-state index is 7.71. The molecule has 0 spiro atoms. The lowest BCUT2D eigenvalue weighted by atomic mass is 10.0. The summed E-state index contributed by atoms with van der Waals surface area (Å²) in [4.78, 5) is 33.1. The molecule has 0 unspecified atom stereocenters. The van der Waals surface area contributed by atoms with Crippen LogP contribution in [-0.4, -0.2) is 29.9 Å². The molecule has 9 aromatic rings. The third kappa shape index (κ3) is 7.06. The van der Waals surface area contributed by atoms with Crippen LogP contribution in [0.3, 0.4) is 0 Å². The molecule has 0 aliphatic rings. The maximum atomic E-state index is 7.71. The van der Waals surface area contributed by atoms with Gasteiger partial charge in [0.25, 0.3) is 0 Å². The third-order valence-corrected chi connectivity index (χ3v) is 9.45. The molecule has 0 aliphatic heterocycles. The van der Waals surface area contributed by atoms with E-state index in [2.05, 4.69) is 65.5 Å². The molecule has 7 heteroatoms. The van der Waals surface area contributed by atoms with Crippen molar-refractivity contribution < 1.29 is 0 Å². The fourth-order valence-corrected chi connectivity index (χ4v) is 6.54. The van der Waals surface area contributed by atoms with E-state index in [1.54, 1.807) is 6.07 Å². The summed E-state index contributed by atoms with van der Waals surface area (Å²) in [5.74, 6) is 3.36. The standard InChI is InChI=1S/C49H31N7/c1-50-43-23-12-11-22-42(43)49-55-45(37-18-9-4-10-19-37)52-47(56-49)39-30-26-35(27-31-39)34-24-28-38(29-25-34)46-51-44(36-16-7-3-8-17-36)53-48(54-46)41-21-13-20-40(32-41)33-14-5-2-6-15-33/h2-32H. The number of nitrogens with zero attached hydrogens (tertiary/aromatic N) is 7. The van der Waals surface area contributed by atoms with Crippen molar-refractivity contribution in [3.8, 4) is 90.6 Å². The van der Waals surface area contributed by atoms with Gasteiger partial charge in [0.2, 0.25) is 0 Å². The van der Waals surface area contributed by atoms with Crippen LogP contribution >= 0.6 is 0 Å². The first-order chi connectivity index (χ1) is 27.7. The monoisotopic (exact) mass is 717 g/mol. The van der Waals surface area contributed by atoms with Crippen molar-refractivity contribution in [2.24, 2.45) is 0 Å². The molecule has 0 saturated heterocycles. The highest BCUT2D eigenvalue weighted by atomic mass is 15.0. The molecule has 0 saturated carbocycles. The van der Waals surface area contributed by atoms with Crippen molar-refractivity contribution in [3.05, 3.63) is 199 Å². The molecule has 7 nitrogen and oxygen atoms in total. The van der Waals surface area contributed by atoms with Crippen LogP contribution in [-0.2, 0) is 0 Å². The molecule has 0 N–H and O–H groups in total. The van der Waals surface area contributed by atoms with E-state index in [-0.39, 0.29) is 0 Å². The van der Waals surface area contributed by atoms with Gasteiger partial charge in [0.05, 0.1) is 6.57 Å². The van der Waals surface area contributed by atoms with Crippen molar-refractivity contribution in [2.75, 3.05) is 0 Å². The minimum atomic E-state index is 0.459. The van der Waals surface area contributed by atoms with E-state index in [1.165, 1.54) is 0 Å². The summed E-state index contributed by atoms with van der Waals surface area (Å²) < 4.78 is 0. The van der Waals surface area contributed by atoms with Crippen LogP contribution in [0.4, 0.5) is 5.69 Å². The molecular weight excluding hydrogens is 687 g/mol. The second-order valence-corrected chi connectivity index (χ2v) is 13.1. The van der Waals surface area contributed by atoms with Crippen LogP contribution < -0.4 is 0 Å². The molecule has 0 atom stereocenters. The van der Waals surface area contributed by atoms with Crippen LogP contribution in [0.1, 0.15) is 0 Å². The van der Waals surface area contributed by atoms with Crippen LogP contribution in [0.15, 0.2) is 188 Å². The summed E-state index contributed by atoms with van der Waals surface area (Å²) in [5, 5.41) is 0. The highest BCUT2D eigenvalue weighted by molar-refractivity contribution is 5.78. The van der Waals surface area contributed by atoms with Crippen molar-refractivity contribution in [2.45, 2.75) is 0 Å². The van der Waals surface area contributed by atoms with Crippen molar-refractivity contribution in [1.29, 1.82) is 0 Å². The van der Waals surface area contributed by atoms with Gasteiger partial charge in [-0.25, -0.2) is 34.7 Å². The first kappa shape index (κ1) is 33.9. The average molecular weight is 718 g/mol. The molecule has 2 heterocycles. The Morgan fingerprint density at radius 2 is 0.589 bits per heavy atom. The molecule has 0 aliphatic carbocycles. The van der Waals surface area contributed by atoms with Crippen LogP contribution in [0, 0.1) is 6.57 Å². The summed E-state index contributed by atoms with van der Waals surface area (Å²) in [7, 11) is 0. The first-order valence-corrected chi connectivity index (χ1v) is 18.2. The van der Waals surface area contributed by atoms with Crippen LogP contribution in [0.2, 0.25) is 0 Å². The highest BCUT2D eigenvalue weighted by Crippen LogP contribution is 2.33. The van der Waals surface area contributed by atoms with E-state index in [1.807, 2.05) is 121 Å². The molecule has 7 aromatic carbocycles. The normalized spacial score (nSPS) is 10.8. The van der Waals surface area contributed by atoms with Crippen molar-refractivity contribution in [1.82, 2.24) is 29.9 Å². The number of rotatable bonds is 8. The quantitative estimate of drug-likeness (QED) is 0.146. The summed E-state index contributed by atoms with van der Waals surface area (Å²) in [6, 6.07) is 62.3. The maximum Gasteiger partial charge on any atom is 0.198 e. The molecule has 2 aromatic heterocycles. The Morgan fingerprint density at radius 1 is 0.268 bits per heavy atom. The van der Waals surface area contributed by atoms with E-state index in [0.717, 1.165) is 50.1 Å². The lowest BCUT2D eigenvalue weighted by Crippen LogP contribution is -2.00. The summed E-state index contributed by atoms with van der Waals surface area (Å²) >= 11 is 0. The topological polar surface area (TPSA) is 81.7 Å². The van der Waals surface area contributed by atoms with Gasteiger partial charge in [-0.2, -0.15) is 0 Å². The summed E-state index contributed by atoms with van der Waals surface area (Å²) in [6.45, 7) is 7.71. The van der Waals surface area contributed by atoms with Gasteiger partial charge in [-0.05, 0) is 28.3 Å². The molecule has 0 fully saturated rings. The Kier molecular flexibility index (Phi) is 9.18. The van der Waals surface area contributed by atoms with E-state index >= 15 is 0 Å². The molecule has 56 heavy (non-hydrogen) atoms. The number of hydrogen-bond acceptors (Lipinski definition) is 6. The Morgan fingerprint density at radius 3 is 1.07 bits per heavy atom. The predicted molar refractivity (Wildman–Crippen MR) is 223 cm³/mol. The number of aromatic nitrogens is 6. The SMILES string of the molecule is [C-]#[N+]c1ccccc1-c1nc(-c2ccccc2)nc(-c2ccc(-c3ccc(-c4nc(-c5ccccc5)nc(-c5cccc(-c6ccccc6)c5)n4)cc3)cc2)n1. The molecular formula is C49H31N7. The van der Waals surface area contributed by atoms with Crippen molar-refractivity contribution in [3.63, 3.8) is 0 Å². The van der Waals surface area contributed by atoms with Gasteiger partial charge >= 0.3 is 0 Å². The van der Waals surface area contributed by atoms with Gasteiger partial charge in [0.1, 0.15) is 0 Å². The highest BCUT2D eigenvalue weighted by Gasteiger charge is 2.16. The Hall–Kier alpha value is -7.95. The smallest absolute Gasteiger partial charge is 0.198 e. The molecule has 0 bridgehead atoms. The van der Waals surface area contributed by atoms with E-state index < -0.39 is 0 Å². The predicted octanol–water partition coefficient (Wildman–Crippen LogP) is 11.9. The summed E-state index contributed by atoms with van der Waals surface area (Å²) in [6.07, 6.45) is 0. The van der Waals surface area contributed by atoms with Gasteiger partial charge in [-0.1, -0.05) is 182 Å². The Labute approximate surface area is 324 Å². The zero-order valence-electron chi connectivity index (χ0n) is 30.0. The molecule has 262 valence electrons. The molecule has 0 amide bonds. The van der Waals surface area contributed by atoms with Crippen molar-refractivity contribution >= 4 is 5.69 Å². The van der Waals surface area contributed by atoms with Gasteiger partial charge < -0.3 is 0 Å². The number of hydrogen-bond donors (Lipinski definition) is 0. The number of para-hydroxylation sites is 1. The fraction of sp³-hybridized carbons (Fsp3) is 0. The Bertz CT molecular complexity index is 2840. The van der Waals surface area contributed by atoms with E-state index in [9.17, 15) is 0 Å². The Balaban J connectivity index is 1.04. The third-order valence-electron chi connectivity index (χ3n) is 9.45. The van der Waals surface area contributed by atoms with Gasteiger partial charge in [0.15, 0.2) is 40.6 Å². The van der Waals surface area contributed by atoms with E-state index in [4.69, 9.17) is 36.5 Å². The molecule has 9 rings (SSSR count). The second-order valence-electron chi connectivity index (χ2n) is 13.1. The zero-order valence-corrected chi connectivity index (χ0v) is 30.0. The average Bonchev–Trinajstić information content (AvgIpc) is 3.29. The van der Waals surface area contributed by atoms with Crippen LogP contribution in [0.5, 0.6) is 0 Å². The van der Waals surface area contributed by atoms with Gasteiger partial charge in [0, 0.05) is 33.4 Å². The lowest BCUT2D eigenvalue weighted by Gasteiger charge is -2.11. The second kappa shape index (κ2) is 15.2. The fourth-order valence-electron chi connectivity index (χ4n) is 6.54. The largest absolute Gasteiger partial charge is 0.237 e. The minimum absolute atomic E-state index is 0.459. The van der Waals surface area contributed by atoms with Gasteiger partial charge in [-0.3, -0.25) is 0 Å². The van der Waals surface area contributed by atoms with Gasteiger partial charge in [-0.15, -0.1) is 0 Å². The zero-order chi connectivity index (χ0) is 37.7. The number of benzene rings is 7. The molecule has 0 radical (unpaired) electrons.